The Morgan fingerprint density at radius 1 is 0.578 bits per heavy atom. The fraction of sp³-hybridized carbons (Fsp3) is 0.225. The molecule has 0 aliphatic carbocycles. The maximum atomic E-state index is 13.6. The first-order valence-corrected chi connectivity index (χ1v) is 15.7. The van der Waals surface area contributed by atoms with Crippen molar-refractivity contribution in [1.29, 1.82) is 0 Å². The first-order valence-electron chi connectivity index (χ1n) is 15.7. The number of ketones is 1. The second kappa shape index (κ2) is 15.2. The minimum Gasteiger partial charge on any atom is -0.489 e. The molecule has 5 nitrogen and oxygen atoms in total. The molecule has 1 heterocycles. The van der Waals surface area contributed by atoms with E-state index in [4.69, 9.17) is 14.2 Å². The first-order chi connectivity index (χ1) is 22.2. The van der Waals surface area contributed by atoms with Gasteiger partial charge in [-0.05, 0) is 78.3 Å². The normalized spacial score (nSPS) is 15.8. The van der Waals surface area contributed by atoms with Crippen LogP contribution >= 0.6 is 0 Å². The number of ether oxygens (including phenoxy) is 3. The highest BCUT2D eigenvalue weighted by Gasteiger charge is 2.30. The van der Waals surface area contributed by atoms with Gasteiger partial charge in [-0.2, -0.15) is 0 Å². The highest BCUT2D eigenvalue weighted by Crippen LogP contribution is 2.32. The lowest BCUT2D eigenvalue weighted by Crippen LogP contribution is -2.35. The van der Waals surface area contributed by atoms with E-state index in [0.29, 0.717) is 42.9 Å². The lowest BCUT2D eigenvalue weighted by molar-refractivity contribution is 0.0949. The highest BCUT2D eigenvalue weighted by atomic mass is 16.5. The largest absolute Gasteiger partial charge is 0.489 e. The number of hydrogen-bond acceptors (Lipinski definition) is 5. The van der Waals surface area contributed by atoms with E-state index in [-0.39, 0.29) is 11.8 Å². The molecule has 1 N–H and O–H groups in total. The maximum Gasteiger partial charge on any atom is 0.179 e. The zero-order valence-corrected chi connectivity index (χ0v) is 25.4. The van der Waals surface area contributed by atoms with Crippen molar-refractivity contribution in [1.82, 2.24) is 5.32 Å². The van der Waals surface area contributed by atoms with Gasteiger partial charge in [0.05, 0.1) is 6.04 Å². The van der Waals surface area contributed by atoms with E-state index < -0.39 is 0 Å². The van der Waals surface area contributed by atoms with Gasteiger partial charge in [0, 0.05) is 11.6 Å². The molecule has 45 heavy (non-hydrogen) atoms. The number of hydrogen-bond donors (Lipinski definition) is 1. The number of rotatable bonds is 14. The van der Waals surface area contributed by atoms with Crippen molar-refractivity contribution in [3.63, 3.8) is 0 Å². The van der Waals surface area contributed by atoms with Crippen molar-refractivity contribution >= 4 is 5.78 Å². The molecule has 0 bridgehead atoms. The summed E-state index contributed by atoms with van der Waals surface area (Å²) in [6, 6.07) is 44.2. The van der Waals surface area contributed by atoms with Crippen molar-refractivity contribution in [3.8, 4) is 17.2 Å². The molecule has 0 unspecified atom stereocenters. The molecule has 228 valence electrons. The second-order valence-corrected chi connectivity index (χ2v) is 11.5. The van der Waals surface area contributed by atoms with Crippen LogP contribution in [0.1, 0.15) is 51.9 Å². The van der Waals surface area contributed by atoms with Gasteiger partial charge in [-0.3, -0.25) is 4.79 Å². The Labute approximate surface area is 265 Å². The maximum absolute atomic E-state index is 13.6. The molecule has 6 rings (SSSR count). The van der Waals surface area contributed by atoms with E-state index >= 15 is 0 Å². The third-order valence-corrected chi connectivity index (χ3v) is 8.21. The summed E-state index contributed by atoms with van der Waals surface area (Å²) >= 11 is 0. The number of carbonyl (C=O) groups excluding carboxylic acids is 1. The van der Waals surface area contributed by atoms with Crippen LogP contribution in [-0.4, -0.2) is 17.9 Å². The van der Waals surface area contributed by atoms with Gasteiger partial charge in [0.2, 0.25) is 0 Å². The van der Waals surface area contributed by atoms with E-state index in [1.165, 1.54) is 5.56 Å². The molecule has 2 atom stereocenters. The minimum absolute atomic E-state index is 0.0941. The summed E-state index contributed by atoms with van der Waals surface area (Å²) in [5, 5.41) is 3.60. The summed E-state index contributed by atoms with van der Waals surface area (Å²) in [4.78, 5) is 13.6. The lowest BCUT2D eigenvalue weighted by Gasteiger charge is -2.17. The smallest absolute Gasteiger partial charge is 0.179 e. The van der Waals surface area contributed by atoms with Crippen LogP contribution in [0.25, 0.3) is 0 Å². The molecule has 0 radical (unpaired) electrons. The zero-order valence-electron chi connectivity index (χ0n) is 25.4. The van der Waals surface area contributed by atoms with E-state index in [2.05, 4.69) is 29.6 Å². The van der Waals surface area contributed by atoms with Gasteiger partial charge in [-0.25, -0.2) is 0 Å². The van der Waals surface area contributed by atoms with Crippen LogP contribution in [-0.2, 0) is 26.2 Å². The van der Waals surface area contributed by atoms with E-state index in [1.807, 2.05) is 109 Å². The van der Waals surface area contributed by atoms with Crippen molar-refractivity contribution in [2.75, 3.05) is 0 Å². The summed E-state index contributed by atoms with van der Waals surface area (Å²) < 4.78 is 18.3. The lowest BCUT2D eigenvalue weighted by atomic mass is 10.0. The second-order valence-electron chi connectivity index (χ2n) is 11.5. The molecule has 1 aliphatic rings. The van der Waals surface area contributed by atoms with Crippen molar-refractivity contribution in [2.45, 2.75) is 57.6 Å². The predicted molar refractivity (Wildman–Crippen MR) is 178 cm³/mol. The molecule has 0 saturated carbocycles. The Bertz CT molecular complexity index is 1640. The van der Waals surface area contributed by atoms with Crippen LogP contribution in [0.4, 0.5) is 0 Å². The molecular weight excluding hydrogens is 558 g/mol. The molecule has 1 saturated heterocycles. The average Bonchev–Trinajstić information content (AvgIpc) is 3.59. The average molecular weight is 598 g/mol. The zero-order chi connectivity index (χ0) is 30.7. The van der Waals surface area contributed by atoms with Gasteiger partial charge in [0.1, 0.15) is 25.6 Å². The van der Waals surface area contributed by atoms with Gasteiger partial charge in [0.25, 0.3) is 0 Å². The molecule has 5 aromatic carbocycles. The molecule has 0 amide bonds. The number of benzene rings is 5. The predicted octanol–water partition coefficient (Wildman–Crippen LogP) is 8.36. The highest BCUT2D eigenvalue weighted by molar-refractivity contribution is 6.00. The fourth-order valence-corrected chi connectivity index (χ4v) is 5.65. The summed E-state index contributed by atoms with van der Waals surface area (Å²) in [6.45, 7) is 1.38. The minimum atomic E-state index is -0.207. The molecule has 1 fully saturated rings. The monoisotopic (exact) mass is 597 g/mol. The molecule has 5 aromatic rings. The molecule has 0 spiro atoms. The van der Waals surface area contributed by atoms with Gasteiger partial charge in [0.15, 0.2) is 17.3 Å². The van der Waals surface area contributed by atoms with Gasteiger partial charge < -0.3 is 19.5 Å². The molecular formula is C40H39NO4. The van der Waals surface area contributed by atoms with Gasteiger partial charge in [-0.1, -0.05) is 103 Å². The topological polar surface area (TPSA) is 56.8 Å². The number of nitrogens with one attached hydrogen (secondary N) is 1. The van der Waals surface area contributed by atoms with Crippen LogP contribution < -0.4 is 19.5 Å². The molecule has 5 heteroatoms. The Morgan fingerprint density at radius 3 is 1.73 bits per heavy atom. The van der Waals surface area contributed by atoms with Gasteiger partial charge in [-0.15, -0.1) is 0 Å². The van der Waals surface area contributed by atoms with Crippen molar-refractivity contribution in [2.24, 2.45) is 0 Å². The van der Waals surface area contributed by atoms with E-state index in [9.17, 15) is 4.79 Å². The number of carbonyl (C=O) groups is 1. The fourth-order valence-electron chi connectivity index (χ4n) is 5.65. The van der Waals surface area contributed by atoms with Crippen LogP contribution in [0.2, 0.25) is 0 Å². The third kappa shape index (κ3) is 8.62. The van der Waals surface area contributed by atoms with Crippen molar-refractivity contribution in [3.05, 3.63) is 161 Å². The Morgan fingerprint density at radius 2 is 1.13 bits per heavy atom. The van der Waals surface area contributed by atoms with Crippen LogP contribution in [0.15, 0.2) is 133 Å². The number of Topliss-reactive ketones (excluding diaryl/α,β-unsaturated/α-hetero) is 1. The Hall–Kier alpha value is -4.87. The molecule has 0 aromatic heterocycles. The first kappa shape index (κ1) is 30.2. The summed E-state index contributed by atoms with van der Waals surface area (Å²) in [6.07, 6.45) is 3.72. The van der Waals surface area contributed by atoms with Crippen LogP contribution in [0, 0.1) is 0 Å². The van der Waals surface area contributed by atoms with E-state index in [0.717, 1.165) is 48.1 Å². The summed E-state index contributed by atoms with van der Waals surface area (Å²) in [5.74, 6) is 2.17. The molecule has 1 aliphatic heterocycles. The van der Waals surface area contributed by atoms with E-state index in [1.54, 1.807) is 0 Å². The van der Waals surface area contributed by atoms with Crippen LogP contribution in [0.3, 0.4) is 0 Å². The Kier molecular flexibility index (Phi) is 10.2. The van der Waals surface area contributed by atoms with Gasteiger partial charge >= 0.3 is 0 Å². The third-order valence-electron chi connectivity index (χ3n) is 8.21. The van der Waals surface area contributed by atoms with Crippen molar-refractivity contribution < 1.29 is 19.0 Å². The van der Waals surface area contributed by atoms with Crippen LogP contribution in [0.5, 0.6) is 17.2 Å². The Balaban J connectivity index is 1.04. The number of aryl methyl sites for hydroxylation is 1. The standard InChI is InChI=1S/C40H39NO4/c42-40(37-24-21-35(41-37)20-16-30-17-22-36(23-18-30)43-27-31-10-4-1-5-11-31)34-19-25-38(44-28-32-12-6-2-7-13-32)39(26-34)45-29-33-14-8-3-9-15-33/h1-15,17-19,22-23,25-26,35,37,41H,16,20-21,24,27-29H2/t35-,37-/m0/s1. The summed E-state index contributed by atoms with van der Waals surface area (Å²) in [7, 11) is 0. The quantitative estimate of drug-likeness (QED) is 0.130. The summed E-state index contributed by atoms with van der Waals surface area (Å²) in [5.41, 5.74) is 5.18. The SMILES string of the molecule is O=C(c1ccc(OCc2ccccc2)c(OCc2ccccc2)c1)[C@@H]1CC[C@H](CCc2ccc(OCc3ccccc3)cc2)N1.